The van der Waals surface area contributed by atoms with E-state index >= 15 is 0 Å². The fourth-order valence-corrected chi connectivity index (χ4v) is 2.55. The van der Waals surface area contributed by atoms with Crippen LogP contribution in [0.5, 0.6) is 0 Å². The lowest BCUT2D eigenvalue weighted by molar-refractivity contribution is -0.128. The molecule has 1 amide bonds. The molecule has 1 aromatic rings. The van der Waals surface area contributed by atoms with Gasteiger partial charge in [0.25, 0.3) is 0 Å². The molecule has 0 spiro atoms. The lowest BCUT2D eigenvalue weighted by atomic mass is 9.95. The first-order valence-electron chi connectivity index (χ1n) is 7.17. The minimum absolute atomic E-state index is 0.138. The van der Waals surface area contributed by atoms with Crippen LogP contribution in [0.25, 0.3) is 0 Å². The number of likely N-dealkylation sites (tertiary alicyclic amines) is 1. The van der Waals surface area contributed by atoms with Crippen molar-refractivity contribution in [1.29, 1.82) is 0 Å². The fraction of sp³-hybridized carbons (Fsp3) is 0.471. The number of hydrogen-bond donors (Lipinski definition) is 1. The predicted molar refractivity (Wildman–Crippen MR) is 78.7 cm³/mol. The van der Waals surface area contributed by atoms with Gasteiger partial charge < -0.3 is 10.0 Å². The zero-order valence-electron chi connectivity index (χ0n) is 12.4. The molecule has 2 rings (SSSR count). The molecule has 0 saturated carbocycles. The van der Waals surface area contributed by atoms with Gasteiger partial charge in [-0.1, -0.05) is 31.8 Å². The van der Waals surface area contributed by atoms with Gasteiger partial charge >= 0.3 is 0 Å². The molecule has 1 atom stereocenters. The first-order chi connectivity index (χ1) is 10.0. The zero-order chi connectivity index (χ0) is 15.4. The highest BCUT2D eigenvalue weighted by Gasteiger charge is 2.31. The van der Waals surface area contributed by atoms with Gasteiger partial charge in [0.15, 0.2) is 0 Å². The molecule has 0 bridgehead atoms. The third kappa shape index (κ3) is 3.83. The van der Waals surface area contributed by atoms with Crippen LogP contribution in [-0.4, -0.2) is 29.1 Å². The molecule has 1 heterocycles. The molecule has 3 nitrogen and oxygen atoms in total. The van der Waals surface area contributed by atoms with Crippen molar-refractivity contribution >= 4 is 5.91 Å². The van der Waals surface area contributed by atoms with Gasteiger partial charge in [-0.3, -0.25) is 4.79 Å². The lowest BCUT2D eigenvalue weighted by Gasteiger charge is -2.19. The van der Waals surface area contributed by atoms with Crippen LogP contribution in [0.1, 0.15) is 31.4 Å². The third-order valence-corrected chi connectivity index (χ3v) is 3.92. The summed E-state index contributed by atoms with van der Waals surface area (Å²) in [4.78, 5) is 13.9. The molecule has 1 unspecified atom stereocenters. The average molecular weight is 289 g/mol. The average Bonchev–Trinajstić information content (AvgIpc) is 2.80. The van der Waals surface area contributed by atoms with Gasteiger partial charge in [0.2, 0.25) is 5.91 Å². The van der Waals surface area contributed by atoms with Crippen LogP contribution >= 0.6 is 0 Å². The van der Waals surface area contributed by atoms with E-state index < -0.39 is 0 Å². The molecule has 21 heavy (non-hydrogen) atoms. The Kier molecular flexibility index (Phi) is 4.98. The number of aliphatic hydroxyl groups is 1. The number of rotatable bonds is 3. The van der Waals surface area contributed by atoms with Crippen LogP contribution in [0, 0.1) is 29.5 Å². The van der Waals surface area contributed by atoms with Crippen molar-refractivity contribution in [3.63, 3.8) is 0 Å². The maximum absolute atomic E-state index is 13.3. The molecule has 4 heteroatoms. The molecule has 1 N–H and O–H groups in total. The minimum Gasteiger partial charge on any atom is -0.384 e. The fourth-order valence-electron chi connectivity index (χ4n) is 2.55. The Morgan fingerprint density at radius 3 is 2.86 bits per heavy atom. The molecule has 1 aliphatic heterocycles. The first kappa shape index (κ1) is 15.5. The number of carbonyl (C=O) groups is 1. The monoisotopic (exact) mass is 289 g/mol. The summed E-state index contributed by atoms with van der Waals surface area (Å²) in [5, 5.41) is 8.78. The Labute approximate surface area is 124 Å². The molecule has 0 aromatic heterocycles. The number of benzene rings is 1. The maximum Gasteiger partial charge on any atom is 0.223 e. The van der Waals surface area contributed by atoms with Crippen LogP contribution in [0.2, 0.25) is 0 Å². The Morgan fingerprint density at radius 1 is 1.48 bits per heavy atom. The van der Waals surface area contributed by atoms with E-state index in [4.69, 9.17) is 5.11 Å². The van der Waals surface area contributed by atoms with Crippen molar-refractivity contribution < 1.29 is 14.3 Å². The van der Waals surface area contributed by atoms with E-state index in [1.54, 1.807) is 6.07 Å². The van der Waals surface area contributed by atoms with Gasteiger partial charge in [-0.05, 0) is 29.5 Å². The van der Waals surface area contributed by atoms with Crippen LogP contribution in [-0.2, 0) is 11.3 Å². The number of hydrogen-bond acceptors (Lipinski definition) is 2. The summed E-state index contributed by atoms with van der Waals surface area (Å²) in [5.74, 6) is 5.90. The van der Waals surface area contributed by atoms with Crippen LogP contribution < -0.4 is 0 Å². The van der Waals surface area contributed by atoms with Gasteiger partial charge in [-0.25, -0.2) is 4.39 Å². The van der Waals surface area contributed by atoms with Crippen molar-refractivity contribution in [3.05, 3.63) is 35.1 Å². The van der Waals surface area contributed by atoms with Crippen molar-refractivity contribution in [2.45, 2.75) is 26.8 Å². The van der Waals surface area contributed by atoms with E-state index in [1.165, 1.54) is 12.1 Å². The molecule has 112 valence electrons. The molecular weight excluding hydrogens is 269 g/mol. The van der Waals surface area contributed by atoms with Crippen molar-refractivity contribution in [2.24, 2.45) is 11.8 Å². The highest BCUT2D eigenvalue weighted by atomic mass is 19.1. The van der Waals surface area contributed by atoms with Gasteiger partial charge in [0.1, 0.15) is 12.4 Å². The second-order valence-electron chi connectivity index (χ2n) is 5.74. The summed E-state index contributed by atoms with van der Waals surface area (Å²) >= 11 is 0. The normalized spacial score (nSPS) is 18.0. The predicted octanol–water partition coefficient (Wildman–Crippen LogP) is 2.17. The number of halogens is 1. The van der Waals surface area contributed by atoms with Crippen molar-refractivity contribution in [2.75, 3.05) is 13.2 Å². The van der Waals surface area contributed by atoms with E-state index in [2.05, 4.69) is 25.7 Å². The topological polar surface area (TPSA) is 40.5 Å². The summed E-state index contributed by atoms with van der Waals surface area (Å²) in [7, 11) is 0. The van der Waals surface area contributed by atoms with E-state index in [9.17, 15) is 9.18 Å². The number of carbonyl (C=O) groups excluding carboxylic acids is 1. The van der Waals surface area contributed by atoms with E-state index in [0.29, 0.717) is 30.4 Å². The molecule has 0 aliphatic carbocycles. The Bertz CT molecular complexity index is 586. The van der Waals surface area contributed by atoms with Gasteiger partial charge in [0.05, 0.1) is 0 Å². The minimum atomic E-state index is -0.367. The molecular formula is C17H20FNO2. The summed E-state index contributed by atoms with van der Waals surface area (Å²) < 4.78 is 13.3. The largest absolute Gasteiger partial charge is 0.384 e. The van der Waals surface area contributed by atoms with Crippen LogP contribution in [0.15, 0.2) is 18.2 Å². The van der Waals surface area contributed by atoms with E-state index in [1.807, 2.05) is 4.90 Å². The Morgan fingerprint density at radius 2 is 2.24 bits per heavy atom. The molecule has 1 aromatic carbocycles. The molecule has 0 radical (unpaired) electrons. The second kappa shape index (κ2) is 6.73. The van der Waals surface area contributed by atoms with Crippen molar-refractivity contribution in [1.82, 2.24) is 4.90 Å². The number of nitrogens with zero attached hydrogens (tertiary/aromatic N) is 1. The first-order valence-corrected chi connectivity index (χ1v) is 7.17. The number of aliphatic hydroxyl groups excluding tert-OH is 1. The summed E-state index contributed by atoms with van der Waals surface area (Å²) in [6, 6.07) is 4.38. The maximum atomic E-state index is 13.3. The summed E-state index contributed by atoms with van der Waals surface area (Å²) in [5.41, 5.74) is 1.35. The SMILES string of the molecule is CC(C)C1CC(=O)N(Cc2ccc(F)cc2C#CCO)C1. The Hall–Kier alpha value is -1.86. The Balaban J connectivity index is 2.18. The summed E-state index contributed by atoms with van der Waals surface area (Å²) in [6.45, 7) is 5.15. The smallest absolute Gasteiger partial charge is 0.223 e. The standard InChI is InChI=1S/C17H20FNO2/c1-12(2)15-9-17(21)19(11-15)10-14-5-6-16(18)8-13(14)4-3-7-20/h5-6,8,12,15,20H,7,9-11H2,1-2H3. The molecule has 1 saturated heterocycles. The summed E-state index contributed by atoms with van der Waals surface area (Å²) in [6.07, 6.45) is 0.580. The second-order valence-corrected chi connectivity index (χ2v) is 5.74. The lowest BCUT2D eigenvalue weighted by Crippen LogP contribution is -2.25. The van der Waals surface area contributed by atoms with Gasteiger partial charge in [-0.15, -0.1) is 0 Å². The van der Waals surface area contributed by atoms with E-state index in [-0.39, 0.29) is 18.3 Å². The van der Waals surface area contributed by atoms with Gasteiger partial charge in [0, 0.05) is 25.1 Å². The number of amides is 1. The zero-order valence-corrected chi connectivity index (χ0v) is 12.4. The highest BCUT2D eigenvalue weighted by Crippen LogP contribution is 2.26. The molecule has 1 fully saturated rings. The van der Waals surface area contributed by atoms with Crippen molar-refractivity contribution in [3.8, 4) is 11.8 Å². The quantitative estimate of drug-likeness (QED) is 0.866. The third-order valence-electron chi connectivity index (χ3n) is 3.92. The van der Waals surface area contributed by atoms with Crippen LogP contribution in [0.4, 0.5) is 4.39 Å². The van der Waals surface area contributed by atoms with Crippen LogP contribution in [0.3, 0.4) is 0 Å². The molecule has 1 aliphatic rings. The van der Waals surface area contributed by atoms with E-state index in [0.717, 1.165) is 12.1 Å². The van der Waals surface area contributed by atoms with Gasteiger partial charge in [-0.2, -0.15) is 0 Å². The highest BCUT2D eigenvalue weighted by molar-refractivity contribution is 5.78.